The van der Waals surface area contributed by atoms with Gasteiger partial charge >= 0.3 is 5.97 Å². The Bertz CT molecular complexity index is 1170. The van der Waals surface area contributed by atoms with Gasteiger partial charge in [-0.3, -0.25) is 10.1 Å². The van der Waals surface area contributed by atoms with Crippen molar-refractivity contribution in [3.8, 4) is 21.0 Å². The molecule has 0 aliphatic rings. The maximum atomic E-state index is 12.8. The second-order valence-electron chi connectivity index (χ2n) is 6.43. The fourth-order valence-electron chi connectivity index (χ4n) is 2.88. The number of nitro benzene ring substituents is 1. The van der Waals surface area contributed by atoms with Gasteiger partial charge in [0.1, 0.15) is 11.6 Å². The van der Waals surface area contributed by atoms with Crippen molar-refractivity contribution < 1.29 is 14.5 Å². The van der Waals surface area contributed by atoms with Crippen LogP contribution in [0.3, 0.4) is 0 Å². The number of nitrogens with zero attached hydrogens (tertiary/aromatic N) is 2. The standard InChI is InChI=1S/C23H16N2O4S/c26-23(29-15-16-7-3-1-4-8-16)20-21(17-9-5-2-6-10-17)30-22(24-20)18-11-13-19(14-12-18)25(27)28/h1-14H,15H2. The molecule has 3 aromatic carbocycles. The van der Waals surface area contributed by atoms with Gasteiger partial charge in [-0.05, 0) is 23.3 Å². The SMILES string of the molecule is O=C(OCc1ccccc1)c1nc(-c2ccc([N+](=O)[O-])cc2)sc1-c1ccccc1. The fourth-order valence-corrected chi connectivity index (χ4v) is 3.95. The molecule has 0 atom stereocenters. The summed E-state index contributed by atoms with van der Waals surface area (Å²) >= 11 is 1.35. The summed E-state index contributed by atoms with van der Waals surface area (Å²) in [5, 5.41) is 11.5. The van der Waals surface area contributed by atoms with Crippen LogP contribution in [0, 0.1) is 10.1 Å². The number of benzene rings is 3. The summed E-state index contributed by atoms with van der Waals surface area (Å²) in [6.07, 6.45) is 0. The zero-order chi connectivity index (χ0) is 20.9. The highest BCUT2D eigenvalue weighted by Crippen LogP contribution is 2.36. The molecule has 1 aromatic heterocycles. The molecule has 0 N–H and O–H groups in total. The Hall–Kier alpha value is -3.84. The number of hydrogen-bond donors (Lipinski definition) is 0. The Morgan fingerprint density at radius 2 is 1.53 bits per heavy atom. The Morgan fingerprint density at radius 3 is 2.17 bits per heavy atom. The van der Waals surface area contributed by atoms with Gasteiger partial charge in [0.15, 0.2) is 5.69 Å². The first-order valence-corrected chi connectivity index (χ1v) is 9.95. The Morgan fingerprint density at radius 1 is 0.900 bits per heavy atom. The van der Waals surface area contributed by atoms with Crippen molar-refractivity contribution in [2.75, 3.05) is 0 Å². The minimum Gasteiger partial charge on any atom is -0.456 e. The van der Waals surface area contributed by atoms with E-state index in [2.05, 4.69) is 4.98 Å². The third-order valence-corrected chi connectivity index (χ3v) is 5.55. The van der Waals surface area contributed by atoms with Gasteiger partial charge in [-0.25, -0.2) is 9.78 Å². The van der Waals surface area contributed by atoms with E-state index in [1.165, 1.54) is 23.5 Å². The summed E-state index contributed by atoms with van der Waals surface area (Å²) in [5.41, 5.74) is 2.68. The van der Waals surface area contributed by atoms with Gasteiger partial charge in [-0.2, -0.15) is 0 Å². The van der Waals surface area contributed by atoms with E-state index in [-0.39, 0.29) is 18.0 Å². The molecule has 0 amide bonds. The van der Waals surface area contributed by atoms with Crippen LogP contribution in [0.5, 0.6) is 0 Å². The van der Waals surface area contributed by atoms with Crippen LogP contribution >= 0.6 is 11.3 Å². The van der Waals surface area contributed by atoms with E-state index >= 15 is 0 Å². The van der Waals surface area contributed by atoms with Crippen molar-refractivity contribution in [1.29, 1.82) is 0 Å². The minimum atomic E-state index is -0.512. The van der Waals surface area contributed by atoms with Crippen LogP contribution in [0.1, 0.15) is 16.1 Å². The normalized spacial score (nSPS) is 10.5. The lowest BCUT2D eigenvalue weighted by Crippen LogP contribution is -2.07. The van der Waals surface area contributed by atoms with Crippen molar-refractivity contribution in [2.24, 2.45) is 0 Å². The summed E-state index contributed by atoms with van der Waals surface area (Å²) in [4.78, 5) is 28.5. The molecule has 0 spiro atoms. The number of nitro groups is 1. The lowest BCUT2D eigenvalue weighted by atomic mass is 10.1. The van der Waals surface area contributed by atoms with E-state index in [0.717, 1.165) is 11.1 Å². The molecule has 30 heavy (non-hydrogen) atoms. The summed E-state index contributed by atoms with van der Waals surface area (Å²) in [5.74, 6) is -0.512. The largest absolute Gasteiger partial charge is 0.456 e. The van der Waals surface area contributed by atoms with Crippen LogP contribution in [0.15, 0.2) is 84.9 Å². The second-order valence-corrected chi connectivity index (χ2v) is 7.43. The maximum Gasteiger partial charge on any atom is 0.358 e. The molecule has 0 bridgehead atoms. The summed E-state index contributed by atoms with van der Waals surface area (Å²) in [6, 6.07) is 25.0. The van der Waals surface area contributed by atoms with Gasteiger partial charge in [-0.1, -0.05) is 60.7 Å². The third-order valence-electron chi connectivity index (χ3n) is 4.39. The Kier molecular flexibility index (Phi) is 5.63. The first kappa shape index (κ1) is 19.5. The van der Waals surface area contributed by atoms with Gasteiger partial charge in [0.25, 0.3) is 5.69 Å². The monoisotopic (exact) mass is 416 g/mol. The molecule has 4 aromatic rings. The van der Waals surface area contributed by atoms with Gasteiger partial charge in [0.2, 0.25) is 0 Å². The van der Waals surface area contributed by atoms with Gasteiger partial charge < -0.3 is 4.74 Å². The van der Waals surface area contributed by atoms with Crippen molar-refractivity contribution >= 4 is 23.0 Å². The van der Waals surface area contributed by atoms with Crippen molar-refractivity contribution in [1.82, 2.24) is 4.98 Å². The average molecular weight is 416 g/mol. The number of hydrogen-bond acceptors (Lipinski definition) is 6. The van der Waals surface area contributed by atoms with Crippen molar-refractivity contribution in [2.45, 2.75) is 6.61 Å². The summed E-state index contributed by atoms with van der Waals surface area (Å²) in [6.45, 7) is 0.151. The number of ether oxygens (including phenoxy) is 1. The summed E-state index contributed by atoms with van der Waals surface area (Å²) in [7, 11) is 0. The van der Waals surface area contributed by atoms with Crippen LogP contribution < -0.4 is 0 Å². The third kappa shape index (κ3) is 4.26. The van der Waals surface area contributed by atoms with Crippen LogP contribution in [-0.2, 0) is 11.3 Å². The zero-order valence-corrected chi connectivity index (χ0v) is 16.5. The average Bonchev–Trinajstić information content (AvgIpc) is 3.24. The molecular weight excluding hydrogens is 400 g/mol. The molecule has 0 aliphatic heterocycles. The van der Waals surface area contributed by atoms with Gasteiger partial charge in [-0.15, -0.1) is 11.3 Å². The lowest BCUT2D eigenvalue weighted by Gasteiger charge is -2.05. The molecule has 0 fully saturated rings. The molecule has 0 aliphatic carbocycles. The lowest BCUT2D eigenvalue weighted by molar-refractivity contribution is -0.384. The maximum absolute atomic E-state index is 12.8. The molecule has 0 saturated heterocycles. The van der Waals surface area contributed by atoms with Crippen molar-refractivity contribution in [3.63, 3.8) is 0 Å². The highest BCUT2D eigenvalue weighted by Gasteiger charge is 2.22. The number of carbonyl (C=O) groups excluding carboxylic acids is 1. The fraction of sp³-hybridized carbons (Fsp3) is 0.0435. The number of carbonyl (C=O) groups is 1. The molecule has 4 rings (SSSR count). The number of aromatic nitrogens is 1. The minimum absolute atomic E-state index is 0.00100. The molecule has 0 saturated carbocycles. The van der Waals surface area contributed by atoms with Crippen LogP contribution in [0.2, 0.25) is 0 Å². The van der Waals surface area contributed by atoms with E-state index in [1.54, 1.807) is 12.1 Å². The number of esters is 1. The molecule has 148 valence electrons. The van der Waals surface area contributed by atoms with E-state index in [4.69, 9.17) is 4.74 Å². The zero-order valence-electron chi connectivity index (χ0n) is 15.7. The first-order valence-electron chi connectivity index (χ1n) is 9.14. The predicted octanol–water partition coefficient (Wildman–Crippen LogP) is 5.74. The highest BCUT2D eigenvalue weighted by molar-refractivity contribution is 7.18. The van der Waals surface area contributed by atoms with E-state index in [1.807, 2.05) is 60.7 Å². The van der Waals surface area contributed by atoms with Gasteiger partial charge in [0.05, 0.1) is 9.80 Å². The molecular formula is C23H16N2O4S. The first-order chi connectivity index (χ1) is 14.6. The topological polar surface area (TPSA) is 82.3 Å². The molecule has 7 heteroatoms. The predicted molar refractivity (Wildman–Crippen MR) is 115 cm³/mol. The molecule has 0 radical (unpaired) electrons. The second kappa shape index (κ2) is 8.67. The van der Waals surface area contributed by atoms with E-state index < -0.39 is 10.9 Å². The van der Waals surface area contributed by atoms with E-state index in [0.29, 0.717) is 15.4 Å². The molecule has 6 nitrogen and oxygen atoms in total. The number of rotatable bonds is 6. The molecule has 1 heterocycles. The quantitative estimate of drug-likeness (QED) is 0.227. The van der Waals surface area contributed by atoms with Crippen LogP contribution in [0.25, 0.3) is 21.0 Å². The van der Waals surface area contributed by atoms with Crippen molar-refractivity contribution in [3.05, 3.63) is 106 Å². The Balaban J connectivity index is 1.67. The van der Waals surface area contributed by atoms with Gasteiger partial charge in [0, 0.05) is 17.7 Å². The number of non-ortho nitro benzene ring substituents is 1. The molecule has 0 unspecified atom stereocenters. The van der Waals surface area contributed by atoms with Crippen LogP contribution in [0.4, 0.5) is 5.69 Å². The smallest absolute Gasteiger partial charge is 0.358 e. The number of thiazole rings is 1. The highest BCUT2D eigenvalue weighted by atomic mass is 32.1. The van der Waals surface area contributed by atoms with Crippen LogP contribution in [-0.4, -0.2) is 15.9 Å². The Labute approximate surface area is 176 Å². The van der Waals surface area contributed by atoms with E-state index in [9.17, 15) is 14.9 Å². The summed E-state index contributed by atoms with van der Waals surface area (Å²) < 4.78 is 5.49.